The third-order valence-corrected chi connectivity index (χ3v) is 3.77. The zero-order chi connectivity index (χ0) is 11.1. The monoisotopic (exact) mass is 278 g/mol. The van der Waals surface area contributed by atoms with Crippen LogP contribution in [0.3, 0.4) is 0 Å². The maximum Gasteiger partial charge on any atom is 0.141 e. The summed E-state index contributed by atoms with van der Waals surface area (Å²) in [6.07, 6.45) is 3.29. The van der Waals surface area contributed by atoms with Crippen molar-refractivity contribution in [3.63, 3.8) is 0 Å². The lowest BCUT2D eigenvalue weighted by atomic mass is 10.3. The van der Waals surface area contributed by atoms with E-state index in [4.69, 9.17) is 0 Å². The quantitative estimate of drug-likeness (QED) is 0.871. The molecule has 0 unspecified atom stereocenters. The van der Waals surface area contributed by atoms with E-state index in [1.807, 2.05) is 18.2 Å². The van der Waals surface area contributed by atoms with Gasteiger partial charge < -0.3 is 5.11 Å². The van der Waals surface area contributed by atoms with Crippen LogP contribution in [0.5, 0.6) is 5.75 Å². The Kier molecular flexibility index (Phi) is 2.24. The van der Waals surface area contributed by atoms with E-state index in [9.17, 15) is 5.11 Å². The normalized spacial score (nSPS) is 14.1. The smallest absolute Gasteiger partial charge is 0.141 e. The highest BCUT2D eigenvalue weighted by atomic mass is 79.9. The number of phenolic OH excluding ortho intramolecular Hbond substituents is 1. The molecule has 0 saturated heterocycles. The number of hydrogen-bond donors (Lipinski definition) is 1. The van der Waals surface area contributed by atoms with Crippen molar-refractivity contribution in [3.05, 3.63) is 40.1 Å². The number of para-hydroxylation sites is 2. The summed E-state index contributed by atoms with van der Waals surface area (Å²) in [7, 11) is 0. The average molecular weight is 279 g/mol. The van der Waals surface area contributed by atoms with Crippen molar-refractivity contribution in [1.82, 2.24) is 9.78 Å². The van der Waals surface area contributed by atoms with Crippen molar-refractivity contribution >= 4 is 15.9 Å². The van der Waals surface area contributed by atoms with Crippen LogP contribution in [-0.2, 0) is 12.8 Å². The number of aromatic hydroxyl groups is 1. The minimum Gasteiger partial charge on any atom is -0.506 e. The summed E-state index contributed by atoms with van der Waals surface area (Å²) in [5.41, 5.74) is 3.15. The molecule has 2 aromatic rings. The van der Waals surface area contributed by atoms with E-state index in [1.54, 1.807) is 10.7 Å². The summed E-state index contributed by atoms with van der Waals surface area (Å²) in [6.45, 7) is 0. The largest absolute Gasteiger partial charge is 0.506 e. The molecule has 0 saturated carbocycles. The molecule has 1 aromatic carbocycles. The highest BCUT2D eigenvalue weighted by Gasteiger charge is 2.21. The van der Waals surface area contributed by atoms with Gasteiger partial charge in [-0.1, -0.05) is 12.1 Å². The van der Waals surface area contributed by atoms with E-state index >= 15 is 0 Å². The molecule has 1 aliphatic rings. The Morgan fingerprint density at radius 2 is 2.06 bits per heavy atom. The van der Waals surface area contributed by atoms with Gasteiger partial charge in [0.05, 0.1) is 5.69 Å². The van der Waals surface area contributed by atoms with Crippen LogP contribution < -0.4 is 0 Å². The van der Waals surface area contributed by atoms with Crippen LogP contribution >= 0.6 is 15.9 Å². The molecule has 4 heteroatoms. The number of halogens is 1. The molecule has 0 aliphatic heterocycles. The molecule has 1 aliphatic carbocycles. The van der Waals surface area contributed by atoms with E-state index in [2.05, 4.69) is 21.0 Å². The van der Waals surface area contributed by atoms with Gasteiger partial charge in [-0.15, -0.1) is 0 Å². The second kappa shape index (κ2) is 3.63. The Balaban J connectivity index is 2.18. The highest BCUT2D eigenvalue weighted by Crippen LogP contribution is 2.32. The van der Waals surface area contributed by atoms with Gasteiger partial charge in [0.1, 0.15) is 16.0 Å². The van der Waals surface area contributed by atoms with E-state index in [-0.39, 0.29) is 5.75 Å². The van der Waals surface area contributed by atoms with Crippen molar-refractivity contribution < 1.29 is 5.11 Å². The van der Waals surface area contributed by atoms with Gasteiger partial charge in [0.25, 0.3) is 0 Å². The van der Waals surface area contributed by atoms with E-state index in [0.29, 0.717) is 0 Å². The molecule has 1 N–H and O–H groups in total. The number of hydrogen-bond acceptors (Lipinski definition) is 2. The number of aryl methyl sites for hydroxylation is 1. The standard InChI is InChI=1S/C12H11BrN2O/c13-12-8-4-3-5-9(8)14-15(12)10-6-1-2-7-11(10)16/h1-2,6-7,16H,3-5H2. The fourth-order valence-electron chi connectivity index (χ4n) is 2.16. The lowest BCUT2D eigenvalue weighted by molar-refractivity contribution is 0.470. The summed E-state index contributed by atoms with van der Waals surface area (Å²) >= 11 is 3.56. The molecule has 0 spiro atoms. The molecule has 3 rings (SSSR count). The number of rotatable bonds is 1. The first-order chi connectivity index (χ1) is 7.77. The Hall–Kier alpha value is -1.29. The molecule has 0 atom stereocenters. The topological polar surface area (TPSA) is 38.0 Å². The predicted molar refractivity (Wildman–Crippen MR) is 65.0 cm³/mol. The minimum absolute atomic E-state index is 0.254. The van der Waals surface area contributed by atoms with Gasteiger partial charge in [-0.25, -0.2) is 4.68 Å². The molecule has 16 heavy (non-hydrogen) atoms. The van der Waals surface area contributed by atoms with Gasteiger partial charge >= 0.3 is 0 Å². The first-order valence-corrected chi connectivity index (χ1v) is 6.11. The number of benzene rings is 1. The average Bonchev–Trinajstić information content (AvgIpc) is 2.83. The summed E-state index contributed by atoms with van der Waals surface area (Å²) in [5, 5.41) is 14.3. The molecule has 0 bridgehead atoms. The number of aromatic nitrogens is 2. The van der Waals surface area contributed by atoms with Crippen LogP contribution in [0.2, 0.25) is 0 Å². The Morgan fingerprint density at radius 1 is 1.25 bits per heavy atom. The SMILES string of the molecule is Oc1ccccc1-n1nc2c(c1Br)CCC2. The van der Waals surface area contributed by atoms with Crippen molar-refractivity contribution in [2.45, 2.75) is 19.3 Å². The summed E-state index contributed by atoms with van der Waals surface area (Å²) in [4.78, 5) is 0. The van der Waals surface area contributed by atoms with Crippen LogP contribution in [0.15, 0.2) is 28.9 Å². The first-order valence-electron chi connectivity index (χ1n) is 5.32. The molecule has 3 nitrogen and oxygen atoms in total. The third-order valence-electron chi connectivity index (χ3n) is 2.95. The molecule has 82 valence electrons. The molecular weight excluding hydrogens is 268 g/mol. The zero-order valence-corrected chi connectivity index (χ0v) is 10.2. The Morgan fingerprint density at radius 3 is 2.81 bits per heavy atom. The fourth-order valence-corrected chi connectivity index (χ4v) is 2.85. The van der Waals surface area contributed by atoms with Gasteiger partial charge in [0, 0.05) is 5.56 Å². The van der Waals surface area contributed by atoms with Crippen molar-refractivity contribution in [3.8, 4) is 11.4 Å². The Bertz CT molecular complexity index is 548. The van der Waals surface area contributed by atoms with E-state index in [1.165, 1.54) is 12.0 Å². The van der Waals surface area contributed by atoms with Gasteiger partial charge in [-0.05, 0) is 47.3 Å². The number of nitrogens with zero attached hydrogens (tertiary/aromatic N) is 2. The zero-order valence-electron chi connectivity index (χ0n) is 8.65. The summed E-state index contributed by atoms with van der Waals surface area (Å²) < 4.78 is 2.75. The summed E-state index contributed by atoms with van der Waals surface area (Å²) in [5.74, 6) is 0.254. The molecule has 1 aromatic heterocycles. The van der Waals surface area contributed by atoms with Gasteiger partial charge in [-0.3, -0.25) is 0 Å². The predicted octanol–water partition coefficient (Wildman–Crippen LogP) is 2.83. The van der Waals surface area contributed by atoms with Crippen LogP contribution in [0.4, 0.5) is 0 Å². The van der Waals surface area contributed by atoms with Gasteiger partial charge in [-0.2, -0.15) is 5.10 Å². The van der Waals surface area contributed by atoms with Crippen LogP contribution in [0, 0.1) is 0 Å². The second-order valence-electron chi connectivity index (χ2n) is 3.97. The number of phenols is 1. The van der Waals surface area contributed by atoms with Gasteiger partial charge in [0.2, 0.25) is 0 Å². The maximum absolute atomic E-state index is 9.80. The molecule has 0 amide bonds. The lowest BCUT2D eigenvalue weighted by Gasteiger charge is -2.06. The minimum atomic E-state index is 0.254. The second-order valence-corrected chi connectivity index (χ2v) is 4.72. The molecule has 1 heterocycles. The van der Waals surface area contributed by atoms with E-state index in [0.717, 1.165) is 28.8 Å². The lowest BCUT2D eigenvalue weighted by Crippen LogP contribution is -1.98. The van der Waals surface area contributed by atoms with Crippen molar-refractivity contribution in [2.75, 3.05) is 0 Å². The first kappa shape index (κ1) is 9.90. The Labute approximate surface area is 102 Å². The maximum atomic E-state index is 9.80. The van der Waals surface area contributed by atoms with Gasteiger partial charge in [0.15, 0.2) is 0 Å². The fraction of sp³-hybridized carbons (Fsp3) is 0.250. The molecule has 0 fully saturated rings. The summed E-state index contributed by atoms with van der Waals surface area (Å²) in [6, 6.07) is 7.25. The highest BCUT2D eigenvalue weighted by molar-refractivity contribution is 9.10. The van der Waals surface area contributed by atoms with E-state index < -0.39 is 0 Å². The third kappa shape index (κ3) is 1.37. The van der Waals surface area contributed by atoms with Crippen molar-refractivity contribution in [1.29, 1.82) is 0 Å². The van der Waals surface area contributed by atoms with Crippen LogP contribution in [0.1, 0.15) is 17.7 Å². The van der Waals surface area contributed by atoms with Crippen LogP contribution in [-0.4, -0.2) is 14.9 Å². The molecular formula is C12H11BrN2O. The van der Waals surface area contributed by atoms with Crippen molar-refractivity contribution in [2.24, 2.45) is 0 Å². The van der Waals surface area contributed by atoms with Crippen LogP contribution in [0.25, 0.3) is 5.69 Å². The molecule has 0 radical (unpaired) electrons. The number of fused-ring (bicyclic) bond motifs is 1.